The average molecular weight is 654 g/mol. The number of alkyl halides is 6. The Bertz CT molecular complexity index is 1780. The molecule has 0 atom stereocenters. The molecule has 0 saturated heterocycles. The van der Waals surface area contributed by atoms with E-state index in [0.29, 0.717) is 23.4 Å². The van der Waals surface area contributed by atoms with E-state index in [0.717, 1.165) is 36.8 Å². The Morgan fingerprint density at radius 2 is 1.64 bits per heavy atom. The minimum Gasteiger partial charge on any atom is -0.307 e. The average Bonchev–Trinajstić information content (AvgIpc) is 3.56. The number of hydrogen-bond donors (Lipinski definition) is 3. The summed E-state index contributed by atoms with van der Waals surface area (Å²) in [5, 5.41) is 27.2. The second-order valence-corrected chi connectivity index (χ2v) is 10.4. The number of amides is 1. The summed E-state index contributed by atoms with van der Waals surface area (Å²) in [6.45, 7) is -0.0482. The number of nitriles is 1. The van der Waals surface area contributed by atoms with Crippen LogP contribution in [0.5, 0.6) is 0 Å². The molecular formula is C31H25F6N9O. The number of carbonyl (C=O) groups is 1. The molecule has 242 valence electrons. The molecule has 0 fully saturated rings. The number of anilines is 2. The number of aromatic amines is 1. The van der Waals surface area contributed by atoms with Crippen molar-refractivity contribution in [2.45, 2.75) is 44.6 Å². The summed E-state index contributed by atoms with van der Waals surface area (Å²) in [4.78, 5) is 18.1. The van der Waals surface area contributed by atoms with Gasteiger partial charge in [-0.15, -0.1) is 5.10 Å². The predicted octanol–water partition coefficient (Wildman–Crippen LogP) is 7.21. The third-order valence-electron chi connectivity index (χ3n) is 7.20. The fraction of sp³-hybridized carbons (Fsp3) is 0.226. The van der Waals surface area contributed by atoms with Crippen LogP contribution in [-0.4, -0.2) is 32.5 Å². The topological polar surface area (TPSA) is 135 Å². The predicted molar refractivity (Wildman–Crippen MR) is 160 cm³/mol. The Balaban J connectivity index is 1.54. The molecule has 3 aromatic carbocycles. The van der Waals surface area contributed by atoms with Gasteiger partial charge in [-0.3, -0.25) is 15.4 Å². The second-order valence-electron chi connectivity index (χ2n) is 10.4. The Morgan fingerprint density at radius 1 is 0.957 bits per heavy atom. The Morgan fingerprint density at radius 3 is 2.19 bits per heavy atom. The van der Waals surface area contributed by atoms with Crippen LogP contribution in [0.2, 0.25) is 0 Å². The number of benzene rings is 3. The molecule has 0 bridgehead atoms. The van der Waals surface area contributed by atoms with E-state index in [-0.39, 0.29) is 30.1 Å². The highest BCUT2D eigenvalue weighted by Crippen LogP contribution is 2.38. The molecule has 1 aliphatic rings. The van der Waals surface area contributed by atoms with Gasteiger partial charge in [0.05, 0.1) is 23.4 Å². The van der Waals surface area contributed by atoms with Crippen LogP contribution in [0.4, 0.5) is 43.7 Å². The number of aliphatic imine (C=N–C) groups is 1. The van der Waals surface area contributed by atoms with Gasteiger partial charge in [-0.05, 0) is 90.1 Å². The third-order valence-corrected chi connectivity index (χ3v) is 7.20. The van der Waals surface area contributed by atoms with Gasteiger partial charge in [-0.25, -0.2) is 4.99 Å². The second kappa shape index (κ2) is 13.7. The van der Waals surface area contributed by atoms with Crippen molar-refractivity contribution in [3.05, 3.63) is 101 Å². The molecule has 5 rings (SSSR count). The molecule has 16 heteroatoms. The van der Waals surface area contributed by atoms with Gasteiger partial charge in [-0.2, -0.15) is 36.8 Å². The molecule has 4 aromatic rings. The molecule has 10 nitrogen and oxygen atoms in total. The fourth-order valence-corrected chi connectivity index (χ4v) is 4.91. The molecule has 1 amide bonds. The van der Waals surface area contributed by atoms with Gasteiger partial charge in [0.15, 0.2) is 6.19 Å². The summed E-state index contributed by atoms with van der Waals surface area (Å²) in [7, 11) is 0. The van der Waals surface area contributed by atoms with Gasteiger partial charge in [-0.1, -0.05) is 35.4 Å². The Kier molecular flexibility index (Phi) is 9.54. The third kappa shape index (κ3) is 8.31. The standard InChI is InChI=1S/C31H25F6N9O/c32-30(33,34)23-14-24(31(35,36)37)16-25(15-23)40-29(39-18-38)46(26-12-10-21(11-13-26)20-4-2-1-3-5-20)17-19-6-8-22(9-7-19)27(47)41-28-42-44-45-43-28/h4,6-16H,1-3,5,17H2,(H,39,40)(H2,41,42,43,44,45,47). The van der Waals surface area contributed by atoms with Gasteiger partial charge in [0, 0.05) is 11.3 Å². The van der Waals surface area contributed by atoms with E-state index in [9.17, 15) is 36.4 Å². The van der Waals surface area contributed by atoms with E-state index < -0.39 is 35.1 Å². The summed E-state index contributed by atoms with van der Waals surface area (Å²) >= 11 is 0. The first-order valence-corrected chi connectivity index (χ1v) is 14.1. The first kappa shape index (κ1) is 32.7. The van der Waals surface area contributed by atoms with E-state index in [1.807, 2.05) is 12.1 Å². The first-order valence-electron chi connectivity index (χ1n) is 14.1. The van der Waals surface area contributed by atoms with Crippen LogP contribution in [0, 0.1) is 11.5 Å². The van der Waals surface area contributed by atoms with E-state index in [2.05, 4.69) is 42.3 Å². The quantitative estimate of drug-likeness (QED) is 0.0631. The molecular weight excluding hydrogens is 628 g/mol. The van der Waals surface area contributed by atoms with Crippen molar-refractivity contribution in [3.63, 3.8) is 0 Å². The highest BCUT2D eigenvalue weighted by atomic mass is 19.4. The molecule has 1 aliphatic carbocycles. The van der Waals surface area contributed by atoms with Crippen molar-refractivity contribution >= 4 is 34.8 Å². The number of allylic oxidation sites excluding steroid dienone is 2. The highest BCUT2D eigenvalue weighted by molar-refractivity contribution is 6.03. The van der Waals surface area contributed by atoms with Crippen LogP contribution >= 0.6 is 0 Å². The lowest BCUT2D eigenvalue weighted by molar-refractivity contribution is -0.143. The van der Waals surface area contributed by atoms with Gasteiger partial charge in [0.1, 0.15) is 0 Å². The van der Waals surface area contributed by atoms with Crippen molar-refractivity contribution in [2.24, 2.45) is 4.99 Å². The van der Waals surface area contributed by atoms with Crippen LogP contribution in [0.1, 0.15) is 58.3 Å². The summed E-state index contributed by atoms with van der Waals surface area (Å²) in [6.07, 6.45) is -2.36. The van der Waals surface area contributed by atoms with Crippen molar-refractivity contribution in [1.82, 2.24) is 25.9 Å². The van der Waals surface area contributed by atoms with Crippen molar-refractivity contribution in [3.8, 4) is 6.19 Å². The Labute approximate surface area is 263 Å². The van der Waals surface area contributed by atoms with Gasteiger partial charge in [0.25, 0.3) is 11.9 Å². The SMILES string of the molecule is N#CNC(=Nc1cc(C(F)(F)F)cc(C(F)(F)F)c1)N(Cc1ccc(C(=O)Nc2nn[nH]n2)cc1)c1ccc(C2=CCCCC2)cc1. The van der Waals surface area contributed by atoms with Crippen molar-refractivity contribution in [2.75, 3.05) is 10.2 Å². The highest BCUT2D eigenvalue weighted by Gasteiger charge is 2.37. The molecule has 47 heavy (non-hydrogen) atoms. The fourth-order valence-electron chi connectivity index (χ4n) is 4.91. The lowest BCUT2D eigenvalue weighted by Gasteiger charge is -2.26. The largest absolute Gasteiger partial charge is 0.416 e. The molecule has 0 unspecified atom stereocenters. The molecule has 0 saturated carbocycles. The number of rotatable bonds is 7. The molecule has 0 spiro atoms. The first-order chi connectivity index (χ1) is 22.4. The van der Waals surface area contributed by atoms with Crippen LogP contribution in [0.15, 0.2) is 77.8 Å². The lowest BCUT2D eigenvalue weighted by atomic mass is 9.93. The van der Waals surface area contributed by atoms with Crippen LogP contribution in [0.3, 0.4) is 0 Å². The number of hydrogen-bond acceptors (Lipinski definition) is 6. The lowest BCUT2D eigenvalue weighted by Crippen LogP contribution is -2.39. The van der Waals surface area contributed by atoms with E-state index in [1.165, 1.54) is 17.0 Å². The summed E-state index contributed by atoms with van der Waals surface area (Å²) < 4.78 is 81.5. The molecule has 0 aliphatic heterocycles. The molecule has 3 N–H and O–H groups in total. The van der Waals surface area contributed by atoms with Gasteiger partial charge in [0.2, 0.25) is 5.96 Å². The van der Waals surface area contributed by atoms with Crippen LogP contribution in [-0.2, 0) is 18.9 Å². The summed E-state index contributed by atoms with van der Waals surface area (Å²) in [5.41, 5.74) is -0.402. The number of aromatic nitrogens is 4. The number of carbonyl (C=O) groups excluding carboxylic acids is 1. The number of nitrogens with zero attached hydrogens (tertiary/aromatic N) is 6. The maximum Gasteiger partial charge on any atom is 0.416 e. The zero-order valence-electron chi connectivity index (χ0n) is 24.3. The zero-order valence-corrected chi connectivity index (χ0v) is 24.3. The number of halogens is 6. The number of tetrazole rings is 1. The maximum atomic E-state index is 13.6. The monoisotopic (exact) mass is 653 g/mol. The van der Waals surface area contributed by atoms with Crippen LogP contribution in [0.25, 0.3) is 5.57 Å². The molecule has 0 radical (unpaired) electrons. The maximum absolute atomic E-state index is 13.6. The minimum absolute atomic E-state index is 0.00322. The van der Waals surface area contributed by atoms with Crippen molar-refractivity contribution in [1.29, 1.82) is 5.26 Å². The van der Waals surface area contributed by atoms with Gasteiger partial charge >= 0.3 is 12.4 Å². The smallest absolute Gasteiger partial charge is 0.307 e. The van der Waals surface area contributed by atoms with Crippen LogP contribution < -0.4 is 15.5 Å². The van der Waals surface area contributed by atoms with E-state index in [1.54, 1.807) is 30.5 Å². The minimum atomic E-state index is -5.09. The van der Waals surface area contributed by atoms with E-state index in [4.69, 9.17) is 0 Å². The van der Waals surface area contributed by atoms with E-state index >= 15 is 0 Å². The molecule has 1 aromatic heterocycles. The number of guanidine groups is 1. The molecule has 1 heterocycles. The summed E-state index contributed by atoms with van der Waals surface area (Å²) in [6, 6.07) is 14.3. The normalized spacial score (nSPS) is 13.8. The van der Waals surface area contributed by atoms with Gasteiger partial charge < -0.3 is 4.90 Å². The zero-order chi connectivity index (χ0) is 33.6. The Hall–Kier alpha value is -5.72. The summed E-state index contributed by atoms with van der Waals surface area (Å²) in [5.74, 6) is -0.895. The number of H-pyrrole nitrogens is 1. The number of nitrogens with one attached hydrogen (secondary N) is 3. The van der Waals surface area contributed by atoms with Crippen molar-refractivity contribution < 1.29 is 31.1 Å².